The van der Waals surface area contributed by atoms with E-state index >= 15 is 0 Å². The van der Waals surface area contributed by atoms with Gasteiger partial charge in [0.2, 0.25) is 11.8 Å². The molecule has 1 aliphatic rings. The Morgan fingerprint density at radius 2 is 1.84 bits per heavy atom. The molecule has 4 rings (SSSR count). The average Bonchev–Trinajstić information content (AvgIpc) is 3.40. The molecule has 1 saturated heterocycles. The second-order valence-corrected chi connectivity index (χ2v) is 8.29. The molecular formula is C25H27N3O3. The summed E-state index contributed by atoms with van der Waals surface area (Å²) in [5.74, 6) is 0.776. The summed E-state index contributed by atoms with van der Waals surface area (Å²) in [6.07, 6.45) is 2.98. The normalized spacial score (nSPS) is 18.0. The van der Waals surface area contributed by atoms with Crippen LogP contribution in [-0.2, 0) is 22.6 Å². The Kier molecular flexibility index (Phi) is 6.16. The van der Waals surface area contributed by atoms with E-state index in [-0.39, 0.29) is 17.4 Å². The van der Waals surface area contributed by atoms with E-state index in [1.165, 1.54) is 5.56 Å². The minimum atomic E-state index is -0.358. The molecule has 0 spiro atoms. The highest BCUT2D eigenvalue weighted by atomic mass is 16.5. The van der Waals surface area contributed by atoms with Crippen LogP contribution in [-0.4, -0.2) is 34.5 Å². The summed E-state index contributed by atoms with van der Waals surface area (Å²) in [5.41, 5.74) is 2.48. The molecule has 1 atom stereocenters. The Bertz CT molecular complexity index is 1030. The Labute approximate surface area is 182 Å². The summed E-state index contributed by atoms with van der Waals surface area (Å²) in [6, 6.07) is 21.7. The molecule has 2 heterocycles. The van der Waals surface area contributed by atoms with Gasteiger partial charge in [0.1, 0.15) is 5.69 Å². The van der Waals surface area contributed by atoms with Gasteiger partial charge in [-0.05, 0) is 24.8 Å². The van der Waals surface area contributed by atoms with Crippen LogP contribution >= 0.6 is 0 Å². The first kappa shape index (κ1) is 20.8. The Morgan fingerprint density at radius 3 is 2.52 bits per heavy atom. The fourth-order valence-corrected chi connectivity index (χ4v) is 4.16. The van der Waals surface area contributed by atoms with E-state index in [2.05, 4.69) is 22.6 Å². The molecule has 0 unspecified atom stereocenters. The molecule has 3 aromatic rings. The Balaban J connectivity index is 1.36. The van der Waals surface area contributed by atoms with Crippen molar-refractivity contribution in [1.29, 1.82) is 0 Å². The predicted octanol–water partition coefficient (Wildman–Crippen LogP) is 3.97. The number of carbonyl (C=O) groups excluding carboxylic acids is 2. The molecule has 0 saturated carbocycles. The molecular weight excluding hydrogens is 390 g/mol. The van der Waals surface area contributed by atoms with Crippen molar-refractivity contribution < 1.29 is 14.1 Å². The number of benzene rings is 2. The number of hydrogen-bond donors (Lipinski definition) is 1. The van der Waals surface area contributed by atoms with Crippen LogP contribution in [0.1, 0.15) is 36.9 Å². The summed E-state index contributed by atoms with van der Waals surface area (Å²) >= 11 is 0. The quantitative estimate of drug-likeness (QED) is 0.602. The van der Waals surface area contributed by atoms with Crippen LogP contribution in [0.4, 0.5) is 0 Å². The van der Waals surface area contributed by atoms with Gasteiger partial charge in [0.25, 0.3) is 0 Å². The average molecular weight is 418 g/mol. The Morgan fingerprint density at radius 1 is 1.13 bits per heavy atom. The van der Waals surface area contributed by atoms with E-state index < -0.39 is 0 Å². The van der Waals surface area contributed by atoms with Crippen LogP contribution in [0.3, 0.4) is 0 Å². The van der Waals surface area contributed by atoms with Gasteiger partial charge in [-0.3, -0.25) is 9.59 Å². The lowest BCUT2D eigenvalue weighted by Gasteiger charge is -2.30. The highest BCUT2D eigenvalue weighted by molar-refractivity contribution is 5.80. The summed E-state index contributed by atoms with van der Waals surface area (Å²) in [7, 11) is 1.77. The van der Waals surface area contributed by atoms with Crippen LogP contribution in [0.25, 0.3) is 11.3 Å². The zero-order valence-corrected chi connectivity index (χ0v) is 17.7. The summed E-state index contributed by atoms with van der Waals surface area (Å²) in [4.78, 5) is 26.4. The number of carbonyl (C=O) groups is 2. The van der Waals surface area contributed by atoms with Crippen LogP contribution in [0.2, 0.25) is 0 Å². The smallest absolute Gasteiger partial charge is 0.222 e. The maximum absolute atomic E-state index is 12.8. The van der Waals surface area contributed by atoms with Crippen molar-refractivity contribution in [3.8, 4) is 11.3 Å². The lowest BCUT2D eigenvalue weighted by molar-refractivity contribution is -0.131. The van der Waals surface area contributed by atoms with Crippen LogP contribution in [0, 0.1) is 0 Å². The minimum absolute atomic E-state index is 0.0258. The number of amides is 2. The van der Waals surface area contributed by atoms with E-state index in [1.807, 2.05) is 54.6 Å². The largest absolute Gasteiger partial charge is 0.356 e. The molecule has 160 valence electrons. The number of hydrogen-bond acceptors (Lipinski definition) is 4. The molecule has 6 heteroatoms. The molecule has 1 aromatic heterocycles. The van der Waals surface area contributed by atoms with Gasteiger partial charge in [0.05, 0.1) is 6.54 Å². The first-order chi connectivity index (χ1) is 15.0. The lowest BCUT2D eigenvalue weighted by Crippen LogP contribution is -2.44. The van der Waals surface area contributed by atoms with E-state index in [1.54, 1.807) is 11.9 Å². The maximum atomic E-state index is 12.8. The second kappa shape index (κ2) is 9.16. The van der Waals surface area contributed by atoms with Crippen molar-refractivity contribution in [2.24, 2.45) is 0 Å². The molecule has 1 fully saturated rings. The molecule has 2 aromatic carbocycles. The van der Waals surface area contributed by atoms with Gasteiger partial charge in [-0.25, -0.2) is 0 Å². The maximum Gasteiger partial charge on any atom is 0.222 e. The molecule has 2 amide bonds. The van der Waals surface area contributed by atoms with Crippen molar-refractivity contribution in [1.82, 2.24) is 15.4 Å². The topological polar surface area (TPSA) is 75.4 Å². The van der Waals surface area contributed by atoms with Gasteiger partial charge in [-0.1, -0.05) is 65.8 Å². The predicted molar refractivity (Wildman–Crippen MR) is 118 cm³/mol. The fraction of sp³-hybridized carbons (Fsp3) is 0.320. The first-order valence-corrected chi connectivity index (χ1v) is 10.6. The van der Waals surface area contributed by atoms with Crippen LogP contribution in [0.5, 0.6) is 0 Å². The van der Waals surface area contributed by atoms with Crippen molar-refractivity contribution in [3.05, 3.63) is 78.0 Å². The van der Waals surface area contributed by atoms with Crippen LogP contribution in [0.15, 0.2) is 71.3 Å². The Hall–Kier alpha value is -3.41. The minimum Gasteiger partial charge on any atom is -0.356 e. The highest BCUT2D eigenvalue weighted by Crippen LogP contribution is 2.30. The molecule has 31 heavy (non-hydrogen) atoms. The van der Waals surface area contributed by atoms with Gasteiger partial charge in [-0.2, -0.15) is 0 Å². The summed E-state index contributed by atoms with van der Waals surface area (Å²) in [6.45, 7) is 0.382. The third-order valence-electron chi connectivity index (χ3n) is 5.88. The summed E-state index contributed by atoms with van der Waals surface area (Å²) in [5, 5.41) is 7.25. The van der Waals surface area contributed by atoms with E-state index in [0.717, 1.165) is 18.4 Å². The molecule has 1 N–H and O–H groups in total. The van der Waals surface area contributed by atoms with Gasteiger partial charge >= 0.3 is 0 Å². The number of nitrogens with one attached hydrogen (secondary N) is 1. The zero-order valence-electron chi connectivity index (χ0n) is 17.7. The van der Waals surface area contributed by atoms with Crippen molar-refractivity contribution >= 4 is 11.8 Å². The van der Waals surface area contributed by atoms with E-state index in [9.17, 15) is 9.59 Å². The molecule has 0 bridgehead atoms. The van der Waals surface area contributed by atoms with Crippen molar-refractivity contribution in [3.63, 3.8) is 0 Å². The van der Waals surface area contributed by atoms with Gasteiger partial charge in [-0.15, -0.1) is 0 Å². The number of rotatable bonds is 8. The lowest BCUT2D eigenvalue weighted by atomic mass is 9.85. The molecule has 0 radical (unpaired) electrons. The fourth-order valence-electron chi connectivity index (χ4n) is 4.16. The van der Waals surface area contributed by atoms with Gasteiger partial charge in [0, 0.05) is 37.1 Å². The van der Waals surface area contributed by atoms with Gasteiger partial charge < -0.3 is 14.7 Å². The SMILES string of the molecule is CN(Cc1cc(-c2ccccc2)on1)C(=O)CC[C@]1(Cc2ccccc2)CCC(=O)N1. The number of aromatic nitrogens is 1. The number of nitrogens with zero attached hydrogens (tertiary/aromatic N) is 2. The molecule has 6 nitrogen and oxygen atoms in total. The zero-order chi connectivity index (χ0) is 21.7. The second-order valence-electron chi connectivity index (χ2n) is 8.29. The molecule has 0 aliphatic carbocycles. The molecule has 1 aliphatic heterocycles. The van der Waals surface area contributed by atoms with Crippen molar-refractivity contribution in [2.45, 2.75) is 44.2 Å². The van der Waals surface area contributed by atoms with E-state index in [0.29, 0.717) is 37.3 Å². The third-order valence-corrected chi connectivity index (χ3v) is 5.88. The highest BCUT2D eigenvalue weighted by Gasteiger charge is 2.38. The summed E-state index contributed by atoms with van der Waals surface area (Å²) < 4.78 is 5.43. The van der Waals surface area contributed by atoms with E-state index in [4.69, 9.17) is 4.52 Å². The monoisotopic (exact) mass is 417 g/mol. The van der Waals surface area contributed by atoms with Crippen LogP contribution < -0.4 is 5.32 Å². The standard InChI is InChI=1S/C25H27N3O3/c1-28(18-21-16-22(31-27-21)20-10-6-3-7-11-20)24(30)13-15-25(14-12-23(29)26-25)17-19-8-4-2-5-9-19/h2-11,16H,12-15,17-18H2,1H3,(H,26,29)/t25-/m0/s1. The third kappa shape index (κ3) is 5.20. The van der Waals surface area contributed by atoms with Gasteiger partial charge in [0.15, 0.2) is 5.76 Å². The van der Waals surface area contributed by atoms with Crippen molar-refractivity contribution in [2.75, 3.05) is 7.05 Å². The first-order valence-electron chi connectivity index (χ1n) is 10.6.